The van der Waals surface area contributed by atoms with Crippen LogP contribution in [0.4, 0.5) is 4.39 Å². The molecule has 6 heteroatoms. The Balaban J connectivity index is 2.31. The van der Waals surface area contributed by atoms with Crippen molar-refractivity contribution in [1.82, 2.24) is 5.43 Å². The van der Waals surface area contributed by atoms with Gasteiger partial charge in [0.25, 0.3) is 0 Å². The molecule has 0 spiro atoms. The van der Waals surface area contributed by atoms with Crippen molar-refractivity contribution in [3.63, 3.8) is 0 Å². The Morgan fingerprint density at radius 1 is 1.15 bits per heavy atom. The quantitative estimate of drug-likeness (QED) is 0.551. The molecular formula is C14H12Br2ClFN2. The number of hydrazine groups is 1. The van der Waals surface area contributed by atoms with E-state index in [0.717, 1.165) is 20.1 Å². The van der Waals surface area contributed by atoms with E-state index in [1.165, 1.54) is 12.1 Å². The highest BCUT2D eigenvalue weighted by Crippen LogP contribution is 2.30. The van der Waals surface area contributed by atoms with Crippen molar-refractivity contribution in [1.29, 1.82) is 0 Å². The highest BCUT2D eigenvalue weighted by molar-refractivity contribution is 9.10. The Bertz CT molecular complexity index is 622. The Labute approximate surface area is 138 Å². The molecule has 2 aromatic rings. The number of rotatable bonds is 4. The highest BCUT2D eigenvalue weighted by atomic mass is 79.9. The summed E-state index contributed by atoms with van der Waals surface area (Å²) in [5, 5.41) is 0.640. The summed E-state index contributed by atoms with van der Waals surface area (Å²) in [5.41, 5.74) is 4.69. The van der Waals surface area contributed by atoms with Crippen LogP contribution in [0, 0.1) is 5.82 Å². The van der Waals surface area contributed by atoms with Gasteiger partial charge in [0, 0.05) is 14.0 Å². The third-order valence-corrected chi connectivity index (χ3v) is 4.67. The molecule has 0 aromatic heterocycles. The Morgan fingerprint density at radius 2 is 1.90 bits per heavy atom. The largest absolute Gasteiger partial charge is 0.271 e. The minimum atomic E-state index is -0.276. The average Bonchev–Trinajstić information content (AvgIpc) is 2.41. The van der Waals surface area contributed by atoms with Gasteiger partial charge in [-0.1, -0.05) is 49.5 Å². The van der Waals surface area contributed by atoms with Gasteiger partial charge in [0.05, 0.1) is 6.04 Å². The average molecular weight is 423 g/mol. The molecule has 0 heterocycles. The predicted molar refractivity (Wildman–Crippen MR) is 87.0 cm³/mol. The van der Waals surface area contributed by atoms with E-state index >= 15 is 0 Å². The summed E-state index contributed by atoms with van der Waals surface area (Å²) in [6, 6.07) is 10.0. The second kappa shape index (κ2) is 7.00. The number of benzene rings is 2. The van der Waals surface area contributed by atoms with Gasteiger partial charge >= 0.3 is 0 Å². The standard InChI is InChI=1S/C14H12Br2ClFN2/c15-12-4-2-9(17)6-11(12)14(20-19)5-8-1-3-10(18)7-13(8)16/h1-4,6-7,14,20H,5,19H2. The van der Waals surface area contributed by atoms with Crippen molar-refractivity contribution in [3.8, 4) is 0 Å². The van der Waals surface area contributed by atoms with Crippen LogP contribution < -0.4 is 11.3 Å². The fourth-order valence-corrected chi connectivity index (χ4v) is 3.16. The molecule has 0 saturated carbocycles. The second-order valence-corrected chi connectivity index (χ2v) is 6.47. The fraction of sp³-hybridized carbons (Fsp3) is 0.143. The molecule has 1 unspecified atom stereocenters. The van der Waals surface area contributed by atoms with Crippen LogP contribution in [0.2, 0.25) is 5.02 Å². The van der Waals surface area contributed by atoms with Crippen LogP contribution >= 0.6 is 43.5 Å². The van der Waals surface area contributed by atoms with Crippen molar-refractivity contribution in [2.24, 2.45) is 5.84 Å². The van der Waals surface area contributed by atoms with Crippen LogP contribution in [-0.2, 0) is 6.42 Å². The molecule has 2 aromatic carbocycles. The molecule has 0 amide bonds. The first-order chi connectivity index (χ1) is 9.51. The van der Waals surface area contributed by atoms with E-state index in [2.05, 4.69) is 37.3 Å². The molecule has 106 valence electrons. The van der Waals surface area contributed by atoms with Crippen molar-refractivity contribution in [2.75, 3.05) is 0 Å². The maximum absolute atomic E-state index is 13.1. The van der Waals surface area contributed by atoms with Crippen LogP contribution in [0.3, 0.4) is 0 Å². The zero-order valence-electron chi connectivity index (χ0n) is 10.3. The van der Waals surface area contributed by atoms with Gasteiger partial charge in [-0.3, -0.25) is 11.3 Å². The van der Waals surface area contributed by atoms with Crippen LogP contribution in [0.1, 0.15) is 17.2 Å². The Hall–Kier alpha value is -0.460. The summed E-state index contributed by atoms with van der Waals surface area (Å²) in [5.74, 6) is 5.37. The highest BCUT2D eigenvalue weighted by Gasteiger charge is 2.16. The maximum atomic E-state index is 13.1. The van der Waals surface area contributed by atoms with E-state index in [4.69, 9.17) is 17.4 Å². The minimum absolute atomic E-state index is 0.134. The van der Waals surface area contributed by atoms with Gasteiger partial charge in [-0.25, -0.2) is 4.39 Å². The first kappa shape index (κ1) is 15.9. The molecule has 1 atom stereocenters. The molecule has 20 heavy (non-hydrogen) atoms. The van der Waals surface area contributed by atoms with E-state index < -0.39 is 0 Å². The van der Waals surface area contributed by atoms with Crippen molar-refractivity contribution in [2.45, 2.75) is 12.5 Å². The monoisotopic (exact) mass is 420 g/mol. The lowest BCUT2D eigenvalue weighted by atomic mass is 9.99. The summed E-state index contributed by atoms with van der Waals surface area (Å²) in [4.78, 5) is 0. The van der Waals surface area contributed by atoms with Crippen LogP contribution in [0.15, 0.2) is 45.3 Å². The van der Waals surface area contributed by atoms with Gasteiger partial charge < -0.3 is 0 Å². The van der Waals surface area contributed by atoms with Gasteiger partial charge in [-0.2, -0.15) is 0 Å². The Kier molecular flexibility index (Phi) is 5.57. The zero-order chi connectivity index (χ0) is 14.7. The number of hydrogen-bond acceptors (Lipinski definition) is 2. The summed E-state index contributed by atoms with van der Waals surface area (Å²) < 4.78 is 14.7. The van der Waals surface area contributed by atoms with E-state index in [1.807, 2.05) is 12.1 Å². The number of nitrogens with two attached hydrogens (primary N) is 1. The summed E-state index contributed by atoms with van der Waals surface area (Å²) in [6.07, 6.45) is 0.607. The smallest absolute Gasteiger partial charge is 0.124 e. The lowest BCUT2D eigenvalue weighted by Crippen LogP contribution is -2.30. The molecule has 0 fully saturated rings. The van der Waals surface area contributed by atoms with Crippen molar-refractivity contribution in [3.05, 3.63) is 67.3 Å². The molecule has 2 nitrogen and oxygen atoms in total. The van der Waals surface area contributed by atoms with Crippen LogP contribution in [0.25, 0.3) is 0 Å². The normalized spacial score (nSPS) is 12.4. The molecular weight excluding hydrogens is 410 g/mol. The van der Waals surface area contributed by atoms with Crippen molar-refractivity contribution >= 4 is 43.5 Å². The summed E-state index contributed by atoms with van der Waals surface area (Å²) >= 11 is 12.9. The van der Waals surface area contributed by atoms with E-state index in [-0.39, 0.29) is 11.9 Å². The molecule has 0 radical (unpaired) electrons. The number of halogens is 4. The molecule has 0 aliphatic rings. The minimum Gasteiger partial charge on any atom is -0.271 e. The zero-order valence-corrected chi connectivity index (χ0v) is 14.3. The molecule has 0 aliphatic carbocycles. The molecule has 0 bridgehead atoms. The third-order valence-electron chi connectivity index (χ3n) is 2.97. The topological polar surface area (TPSA) is 38.0 Å². The van der Waals surface area contributed by atoms with E-state index in [1.54, 1.807) is 12.1 Å². The third kappa shape index (κ3) is 3.80. The van der Waals surface area contributed by atoms with E-state index in [9.17, 15) is 4.39 Å². The SMILES string of the molecule is NNC(Cc1ccc(F)cc1Br)c1cc(Cl)ccc1Br. The van der Waals surface area contributed by atoms with Gasteiger partial charge in [0.15, 0.2) is 0 Å². The van der Waals surface area contributed by atoms with Gasteiger partial charge in [-0.15, -0.1) is 0 Å². The lowest BCUT2D eigenvalue weighted by Gasteiger charge is -2.19. The molecule has 0 saturated heterocycles. The summed E-state index contributed by atoms with van der Waals surface area (Å²) in [7, 11) is 0. The number of hydrogen-bond donors (Lipinski definition) is 2. The predicted octanol–water partition coefficient (Wildman–Crippen LogP) is 4.75. The first-order valence-electron chi connectivity index (χ1n) is 5.86. The first-order valence-corrected chi connectivity index (χ1v) is 7.82. The lowest BCUT2D eigenvalue weighted by molar-refractivity contribution is 0.548. The van der Waals surface area contributed by atoms with Crippen molar-refractivity contribution < 1.29 is 4.39 Å². The summed E-state index contributed by atoms with van der Waals surface area (Å²) in [6.45, 7) is 0. The Morgan fingerprint density at radius 3 is 2.55 bits per heavy atom. The molecule has 2 rings (SSSR count). The fourth-order valence-electron chi connectivity index (χ4n) is 1.95. The second-order valence-electron chi connectivity index (χ2n) is 4.32. The van der Waals surface area contributed by atoms with Gasteiger partial charge in [0.1, 0.15) is 5.82 Å². The molecule has 3 N–H and O–H groups in total. The maximum Gasteiger partial charge on any atom is 0.124 e. The van der Waals surface area contributed by atoms with Gasteiger partial charge in [-0.05, 0) is 47.9 Å². The van der Waals surface area contributed by atoms with Crippen LogP contribution in [-0.4, -0.2) is 0 Å². The van der Waals surface area contributed by atoms with Crippen LogP contribution in [0.5, 0.6) is 0 Å². The number of nitrogens with one attached hydrogen (secondary N) is 1. The van der Waals surface area contributed by atoms with E-state index in [0.29, 0.717) is 11.4 Å². The molecule has 0 aliphatic heterocycles. The van der Waals surface area contributed by atoms with Gasteiger partial charge in [0.2, 0.25) is 0 Å².